The number of hydrogen-bond donors (Lipinski definition) is 0. The minimum Gasteiger partial charge on any atom is -0.462 e. The summed E-state index contributed by atoms with van der Waals surface area (Å²) in [4.78, 5) is 0. The van der Waals surface area contributed by atoms with Gasteiger partial charge < -0.3 is 4.42 Å². The first-order valence-electron chi connectivity index (χ1n) is 4.29. The summed E-state index contributed by atoms with van der Waals surface area (Å²) < 4.78 is 5.52. The van der Waals surface area contributed by atoms with Gasteiger partial charge in [-0.15, -0.1) is 0 Å². The molecule has 1 aliphatic rings. The Morgan fingerprint density at radius 2 is 2.25 bits per heavy atom. The molecule has 12 heavy (non-hydrogen) atoms. The number of allylic oxidation sites excluding steroid dienone is 4. The van der Waals surface area contributed by atoms with Crippen molar-refractivity contribution in [3.05, 3.63) is 41.9 Å². The Labute approximate surface area is 72.4 Å². The van der Waals surface area contributed by atoms with Gasteiger partial charge in [0.1, 0.15) is 11.5 Å². The SMILES string of the molecule is Cc1ccc(C2=CC=CCC2)o1. The normalized spacial score (nSPS) is 16.2. The van der Waals surface area contributed by atoms with Gasteiger partial charge in [0.15, 0.2) is 0 Å². The lowest BCUT2D eigenvalue weighted by Gasteiger charge is -2.04. The number of hydrogen-bond acceptors (Lipinski definition) is 1. The summed E-state index contributed by atoms with van der Waals surface area (Å²) in [5, 5.41) is 0. The Balaban J connectivity index is 2.30. The zero-order valence-corrected chi connectivity index (χ0v) is 7.21. The van der Waals surface area contributed by atoms with Crippen LogP contribution in [0.2, 0.25) is 0 Å². The van der Waals surface area contributed by atoms with Crippen LogP contribution in [0.25, 0.3) is 5.57 Å². The van der Waals surface area contributed by atoms with Crippen LogP contribution in [0.5, 0.6) is 0 Å². The van der Waals surface area contributed by atoms with E-state index in [1.165, 1.54) is 5.57 Å². The molecule has 0 aliphatic heterocycles. The molecule has 1 heteroatoms. The van der Waals surface area contributed by atoms with Gasteiger partial charge in [-0.1, -0.05) is 18.2 Å². The molecule has 0 bridgehead atoms. The maximum atomic E-state index is 5.52. The molecule has 0 unspecified atom stereocenters. The number of rotatable bonds is 1. The molecule has 2 rings (SSSR count). The van der Waals surface area contributed by atoms with Crippen molar-refractivity contribution in [1.29, 1.82) is 0 Å². The molecule has 0 amide bonds. The molecule has 0 spiro atoms. The Hall–Kier alpha value is -1.24. The predicted octanol–water partition coefficient (Wildman–Crippen LogP) is 3.32. The van der Waals surface area contributed by atoms with Crippen molar-refractivity contribution < 1.29 is 4.42 Å². The molecule has 0 saturated carbocycles. The second-order valence-corrected chi connectivity index (χ2v) is 3.07. The first kappa shape index (κ1) is 7.41. The standard InChI is InChI=1S/C11H12O/c1-9-7-8-11(12-9)10-5-3-2-4-6-10/h2-3,5,7-8H,4,6H2,1H3. The quantitative estimate of drug-likeness (QED) is 0.614. The molecule has 0 aromatic carbocycles. The highest BCUT2D eigenvalue weighted by molar-refractivity contribution is 5.64. The third-order valence-corrected chi connectivity index (χ3v) is 2.07. The Bertz CT molecular complexity index is 329. The van der Waals surface area contributed by atoms with Crippen molar-refractivity contribution in [1.82, 2.24) is 0 Å². The lowest BCUT2D eigenvalue weighted by atomic mass is 10.0. The van der Waals surface area contributed by atoms with Gasteiger partial charge in [-0.3, -0.25) is 0 Å². The molecule has 1 aliphatic carbocycles. The highest BCUT2D eigenvalue weighted by Gasteiger charge is 2.05. The van der Waals surface area contributed by atoms with Gasteiger partial charge in [0, 0.05) is 0 Å². The zero-order valence-electron chi connectivity index (χ0n) is 7.21. The monoisotopic (exact) mass is 160 g/mol. The third kappa shape index (κ3) is 1.35. The third-order valence-electron chi connectivity index (χ3n) is 2.07. The van der Waals surface area contributed by atoms with Gasteiger partial charge in [0.25, 0.3) is 0 Å². The topological polar surface area (TPSA) is 13.1 Å². The average molecular weight is 160 g/mol. The van der Waals surface area contributed by atoms with E-state index in [9.17, 15) is 0 Å². The molecule has 1 nitrogen and oxygen atoms in total. The molecule has 0 N–H and O–H groups in total. The van der Waals surface area contributed by atoms with Crippen LogP contribution in [-0.2, 0) is 0 Å². The first-order chi connectivity index (χ1) is 5.86. The molecular weight excluding hydrogens is 148 g/mol. The largest absolute Gasteiger partial charge is 0.462 e. The second-order valence-electron chi connectivity index (χ2n) is 3.07. The summed E-state index contributed by atoms with van der Waals surface area (Å²) in [6.45, 7) is 1.97. The van der Waals surface area contributed by atoms with Crippen LogP contribution in [0.15, 0.2) is 34.8 Å². The van der Waals surface area contributed by atoms with Gasteiger partial charge in [-0.25, -0.2) is 0 Å². The van der Waals surface area contributed by atoms with Crippen molar-refractivity contribution >= 4 is 5.57 Å². The van der Waals surface area contributed by atoms with Crippen LogP contribution in [0.3, 0.4) is 0 Å². The minimum atomic E-state index is 0.987. The van der Waals surface area contributed by atoms with Gasteiger partial charge in [0.2, 0.25) is 0 Å². The van der Waals surface area contributed by atoms with E-state index in [-0.39, 0.29) is 0 Å². The van der Waals surface area contributed by atoms with Crippen LogP contribution in [0, 0.1) is 6.92 Å². The summed E-state index contributed by atoms with van der Waals surface area (Å²) in [6, 6.07) is 4.05. The van der Waals surface area contributed by atoms with Gasteiger partial charge in [0.05, 0.1) is 0 Å². The van der Waals surface area contributed by atoms with E-state index < -0.39 is 0 Å². The van der Waals surface area contributed by atoms with E-state index in [4.69, 9.17) is 4.42 Å². The summed E-state index contributed by atoms with van der Waals surface area (Å²) in [6.07, 6.45) is 8.63. The molecule has 0 saturated heterocycles. The van der Waals surface area contributed by atoms with Gasteiger partial charge in [-0.2, -0.15) is 0 Å². The molecule has 1 aromatic rings. The van der Waals surface area contributed by atoms with Gasteiger partial charge in [-0.05, 0) is 37.5 Å². The zero-order chi connectivity index (χ0) is 8.39. The number of aryl methyl sites for hydroxylation is 1. The second kappa shape index (κ2) is 3.02. The Morgan fingerprint density at radius 1 is 1.33 bits per heavy atom. The molecule has 0 atom stereocenters. The fraction of sp³-hybridized carbons (Fsp3) is 0.273. The fourth-order valence-electron chi connectivity index (χ4n) is 1.42. The van der Waals surface area contributed by atoms with E-state index in [1.54, 1.807) is 0 Å². The van der Waals surface area contributed by atoms with E-state index >= 15 is 0 Å². The van der Waals surface area contributed by atoms with Crippen LogP contribution >= 0.6 is 0 Å². The number of furan rings is 1. The minimum absolute atomic E-state index is 0.987. The summed E-state index contributed by atoms with van der Waals surface area (Å²) in [5.41, 5.74) is 1.31. The predicted molar refractivity (Wildman–Crippen MR) is 49.8 cm³/mol. The van der Waals surface area contributed by atoms with Crippen LogP contribution in [0.1, 0.15) is 24.4 Å². The average Bonchev–Trinajstić information content (AvgIpc) is 2.54. The molecule has 1 heterocycles. The lowest BCUT2D eigenvalue weighted by molar-refractivity contribution is 0.519. The van der Waals surface area contributed by atoms with Crippen LogP contribution < -0.4 is 0 Å². The van der Waals surface area contributed by atoms with E-state index in [0.29, 0.717) is 0 Å². The summed E-state index contributed by atoms with van der Waals surface area (Å²) in [7, 11) is 0. The summed E-state index contributed by atoms with van der Waals surface area (Å²) >= 11 is 0. The van der Waals surface area contributed by atoms with Crippen molar-refractivity contribution in [2.24, 2.45) is 0 Å². The Kier molecular flexibility index (Phi) is 1.86. The van der Waals surface area contributed by atoms with Crippen molar-refractivity contribution in [2.75, 3.05) is 0 Å². The van der Waals surface area contributed by atoms with E-state index in [1.807, 2.05) is 19.1 Å². The molecule has 0 fully saturated rings. The van der Waals surface area contributed by atoms with Crippen LogP contribution in [-0.4, -0.2) is 0 Å². The van der Waals surface area contributed by atoms with E-state index in [0.717, 1.165) is 24.4 Å². The smallest absolute Gasteiger partial charge is 0.130 e. The first-order valence-corrected chi connectivity index (χ1v) is 4.29. The maximum absolute atomic E-state index is 5.52. The van der Waals surface area contributed by atoms with Crippen molar-refractivity contribution in [3.63, 3.8) is 0 Å². The van der Waals surface area contributed by atoms with Crippen LogP contribution in [0.4, 0.5) is 0 Å². The molecule has 1 aromatic heterocycles. The highest BCUT2D eigenvalue weighted by atomic mass is 16.3. The van der Waals surface area contributed by atoms with Gasteiger partial charge >= 0.3 is 0 Å². The molecule has 0 radical (unpaired) electrons. The lowest BCUT2D eigenvalue weighted by Crippen LogP contribution is -1.84. The van der Waals surface area contributed by atoms with Crippen molar-refractivity contribution in [2.45, 2.75) is 19.8 Å². The fourth-order valence-corrected chi connectivity index (χ4v) is 1.42. The summed E-state index contributed by atoms with van der Waals surface area (Å²) in [5.74, 6) is 2.01. The highest BCUT2D eigenvalue weighted by Crippen LogP contribution is 2.24. The Morgan fingerprint density at radius 3 is 2.83 bits per heavy atom. The van der Waals surface area contributed by atoms with Crippen molar-refractivity contribution in [3.8, 4) is 0 Å². The molecule has 62 valence electrons. The molecular formula is C11H12O. The van der Waals surface area contributed by atoms with E-state index in [2.05, 4.69) is 18.2 Å². The maximum Gasteiger partial charge on any atom is 0.130 e.